The van der Waals surface area contributed by atoms with Gasteiger partial charge in [0, 0.05) is 12.6 Å². The minimum atomic E-state index is -4.35. The van der Waals surface area contributed by atoms with Gasteiger partial charge in [0.05, 0.1) is 17.4 Å². The molecular weight excluding hydrogens is 295 g/mol. The number of carbonyl (C=O) groups is 1. The van der Waals surface area contributed by atoms with Gasteiger partial charge in [0.25, 0.3) is 5.91 Å². The molecule has 1 saturated carbocycles. The Bertz CT molecular complexity index is 643. The van der Waals surface area contributed by atoms with Crippen molar-refractivity contribution in [1.82, 2.24) is 4.90 Å². The molecule has 0 unspecified atom stereocenters. The maximum absolute atomic E-state index is 12.6. The number of nitrogens with zero attached hydrogens (tertiary/aromatic N) is 1. The SMILES string of the molecule is O=C(c1ccoc1)N(Cc1ccc(C(F)(F)F)cc1)C1CC1. The number of rotatable bonds is 4. The van der Waals surface area contributed by atoms with Crippen LogP contribution < -0.4 is 0 Å². The van der Waals surface area contributed by atoms with E-state index in [2.05, 4.69) is 0 Å². The summed E-state index contributed by atoms with van der Waals surface area (Å²) >= 11 is 0. The number of hydrogen-bond acceptors (Lipinski definition) is 2. The Labute approximate surface area is 125 Å². The van der Waals surface area contributed by atoms with Gasteiger partial charge in [0.15, 0.2) is 0 Å². The molecule has 1 fully saturated rings. The van der Waals surface area contributed by atoms with Crippen molar-refractivity contribution >= 4 is 5.91 Å². The Morgan fingerprint density at radius 1 is 1.18 bits per heavy atom. The molecule has 0 spiro atoms. The molecule has 1 heterocycles. The summed E-state index contributed by atoms with van der Waals surface area (Å²) in [6, 6.07) is 6.67. The molecule has 3 nitrogen and oxygen atoms in total. The Morgan fingerprint density at radius 3 is 2.36 bits per heavy atom. The van der Waals surface area contributed by atoms with Gasteiger partial charge in [-0.1, -0.05) is 12.1 Å². The number of hydrogen-bond donors (Lipinski definition) is 0. The average molecular weight is 309 g/mol. The van der Waals surface area contributed by atoms with Crippen LogP contribution in [0.25, 0.3) is 0 Å². The summed E-state index contributed by atoms with van der Waals surface area (Å²) in [6.07, 6.45) is 0.302. The van der Waals surface area contributed by atoms with Crippen LogP contribution in [0.2, 0.25) is 0 Å². The van der Waals surface area contributed by atoms with Crippen molar-refractivity contribution in [1.29, 1.82) is 0 Å². The van der Waals surface area contributed by atoms with Crippen LogP contribution in [0, 0.1) is 0 Å². The van der Waals surface area contributed by atoms with E-state index < -0.39 is 11.7 Å². The first-order valence-electron chi connectivity index (χ1n) is 6.94. The first-order valence-corrected chi connectivity index (χ1v) is 6.94. The lowest BCUT2D eigenvalue weighted by atomic mass is 10.1. The smallest absolute Gasteiger partial charge is 0.416 e. The molecule has 2 aromatic rings. The number of benzene rings is 1. The number of amides is 1. The molecule has 1 aliphatic carbocycles. The lowest BCUT2D eigenvalue weighted by Crippen LogP contribution is -2.32. The van der Waals surface area contributed by atoms with E-state index in [1.165, 1.54) is 24.7 Å². The maximum Gasteiger partial charge on any atom is 0.416 e. The van der Waals surface area contributed by atoms with Gasteiger partial charge >= 0.3 is 6.18 Å². The Balaban J connectivity index is 1.76. The Kier molecular flexibility index (Phi) is 3.68. The second-order valence-electron chi connectivity index (χ2n) is 5.37. The Morgan fingerprint density at radius 2 is 1.86 bits per heavy atom. The number of halogens is 3. The highest BCUT2D eigenvalue weighted by atomic mass is 19.4. The van der Waals surface area contributed by atoms with Crippen LogP contribution in [0.4, 0.5) is 13.2 Å². The average Bonchev–Trinajstić information content (AvgIpc) is 3.17. The molecule has 1 amide bonds. The van der Waals surface area contributed by atoms with Crippen molar-refractivity contribution in [3.63, 3.8) is 0 Å². The molecule has 0 atom stereocenters. The normalized spacial score (nSPS) is 14.9. The molecule has 1 aliphatic rings. The van der Waals surface area contributed by atoms with Gasteiger partial charge in [-0.3, -0.25) is 4.79 Å². The van der Waals surface area contributed by atoms with Gasteiger partial charge in [-0.2, -0.15) is 13.2 Å². The fraction of sp³-hybridized carbons (Fsp3) is 0.312. The maximum atomic E-state index is 12.6. The third kappa shape index (κ3) is 3.16. The summed E-state index contributed by atoms with van der Waals surface area (Å²) in [5, 5.41) is 0. The lowest BCUT2D eigenvalue weighted by molar-refractivity contribution is -0.137. The van der Waals surface area contributed by atoms with E-state index in [0.717, 1.165) is 25.0 Å². The van der Waals surface area contributed by atoms with E-state index in [4.69, 9.17) is 4.42 Å². The van der Waals surface area contributed by atoms with Crippen molar-refractivity contribution in [2.45, 2.75) is 31.6 Å². The predicted octanol–water partition coefficient (Wildman–Crippen LogP) is 4.10. The molecule has 22 heavy (non-hydrogen) atoms. The molecule has 0 bridgehead atoms. The number of carbonyl (C=O) groups excluding carboxylic acids is 1. The zero-order chi connectivity index (χ0) is 15.7. The molecule has 0 saturated heterocycles. The van der Waals surface area contributed by atoms with Gasteiger partial charge in [0.1, 0.15) is 6.26 Å². The minimum Gasteiger partial charge on any atom is -0.472 e. The standard InChI is InChI=1S/C16H14F3NO2/c17-16(18,19)13-3-1-11(2-4-13)9-20(14-5-6-14)15(21)12-7-8-22-10-12/h1-4,7-8,10,14H,5-6,9H2. The highest BCUT2D eigenvalue weighted by Crippen LogP contribution is 2.32. The summed E-state index contributed by atoms with van der Waals surface area (Å²) < 4.78 is 42.6. The molecular formula is C16H14F3NO2. The Hall–Kier alpha value is -2.24. The summed E-state index contributed by atoms with van der Waals surface area (Å²) in [4.78, 5) is 14.1. The van der Waals surface area contributed by atoms with E-state index in [1.54, 1.807) is 11.0 Å². The summed E-state index contributed by atoms with van der Waals surface area (Å²) in [6.45, 7) is 0.298. The van der Waals surface area contributed by atoms with Gasteiger partial charge in [-0.25, -0.2) is 0 Å². The molecule has 0 radical (unpaired) electrons. The highest BCUT2D eigenvalue weighted by molar-refractivity contribution is 5.94. The molecule has 0 N–H and O–H groups in total. The first kappa shape index (κ1) is 14.7. The molecule has 3 rings (SSSR count). The van der Waals surface area contributed by atoms with Crippen LogP contribution in [-0.2, 0) is 12.7 Å². The monoisotopic (exact) mass is 309 g/mol. The summed E-state index contributed by atoms with van der Waals surface area (Å²) in [5.41, 5.74) is 0.450. The summed E-state index contributed by atoms with van der Waals surface area (Å²) in [5.74, 6) is -0.156. The second-order valence-corrected chi connectivity index (χ2v) is 5.37. The van der Waals surface area contributed by atoms with Crippen LogP contribution in [0.1, 0.15) is 34.3 Å². The van der Waals surface area contributed by atoms with E-state index >= 15 is 0 Å². The molecule has 1 aromatic carbocycles. The summed E-state index contributed by atoms with van der Waals surface area (Å²) in [7, 11) is 0. The predicted molar refractivity (Wildman–Crippen MR) is 73.0 cm³/mol. The van der Waals surface area contributed by atoms with Crippen LogP contribution in [0.15, 0.2) is 47.3 Å². The largest absolute Gasteiger partial charge is 0.472 e. The van der Waals surface area contributed by atoms with Crippen molar-refractivity contribution in [2.24, 2.45) is 0 Å². The third-order valence-corrected chi connectivity index (χ3v) is 3.65. The van der Waals surface area contributed by atoms with Crippen molar-refractivity contribution in [3.05, 3.63) is 59.5 Å². The van der Waals surface area contributed by atoms with Crippen LogP contribution >= 0.6 is 0 Å². The van der Waals surface area contributed by atoms with Gasteiger partial charge < -0.3 is 9.32 Å². The first-order chi connectivity index (χ1) is 10.4. The van der Waals surface area contributed by atoms with Gasteiger partial charge in [-0.05, 0) is 36.6 Å². The second kappa shape index (κ2) is 5.51. The van der Waals surface area contributed by atoms with Crippen LogP contribution in [0.3, 0.4) is 0 Å². The quantitative estimate of drug-likeness (QED) is 0.852. The van der Waals surface area contributed by atoms with Crippen LogP contribution in [0.5, 0.6) is 0 Å². The lowest BCUT2D eigenvalue weighted by Gasteiger charge is -2.22. The fourth-order valence-electron chi connectivity index (χ4n) is 2.30. The highest BCUT2D eigenvalue weighted by Gasteiger charge is 2.34. The zero-order valence-corrected chi connectivity index (χ0v) is 11.6. The van der Waals surface area contributed by atoms with E-state index in [9.17, 15) is 18.0 Å². The molecule has 6 heteroatoms. The third-order valence-electron chi connectivity index (χ3n) is 3.65. The van der Waals surface area contributed by atoms with E-state index in [-0.39, 0.29) is 11.9 Å². The van der Waals surface area contributed by atoms with Gasteiger partial charge in [-0.15, -0.1) is 0 Å². The van der Waals surface area contributed by atoms with Crippen molar-refractivity contribution in [2.75, 3.05) is 0 Å². The van der Waals surface area contributed by atoms with Crippen molar-refractivity contribution < 1.29 is 22.4 Å². The van der Waals surface area contributed by atoms with Crippen molar-refractivity contribution in [3.8, 4) is 0 Å². The number of furan rings is 1. The van der Waals surface area contributed by atoms with Crippen LogP contribution in [-0.4, -0.2) is 16.8 Å². The van der Waals surface area contributed by atoms with E-state index in [1.807, 2.05) is 0 Å². The molecule has 1 aromatic heterocycles. The minimum absolute atomic E-state index is 0.156. The fourth-order valence-corrected chi connectivity index (χ4v) is 2.30. The van der Waals surface area contributed by atoms with Gasteiger partial charge in [0.2, 0.25) is 0 Å². The van der Waals surface area contributed by atoms with E-state index in [0.29, 0.717) is 17.7 Å². The molecule has 0 aliphatic heterocycles. The number of alkyl halides is 3. The zero-order valence-electron chi connectivity index (χ0n) is 11.6. The molecule has 116 valence electrons. The topological polar surface area (TPSA) is 33.5 Å².